The Labute approximate surface area is 173 Å². The number of fused-ring (bicyclic) bond motifs is 1. The zero-order chi connectivity index (χ0) is 20.1. The van der Waals surface area contributed by atoms with Crippen LogP contribution < -0.4 is 0 Å². The van der Waals surface area contributed by atoms with E-state index in [9.17, 15) is 4.79 Å². The van der Waals surface area contributed by atoms with Gasteiger partial charge in [-0.05, 0) is 68.3 Å². The molecule has 0 aliphatic carbocycles. The number of piperidine rings is 1. The molecular weight excluding hydrogens is 362 g/mol. The van der Waals surface area contributed by atoms with E-state index in [1.807, 2.05) is 12.1 Å². The number of rotatable bonds is 8. The second-order valence-corrected chi connectivity index (χ2v) is 8.47. The zero-order valence-corrected chi connectivity index (χ0v) is 17.4. The second kappa shape index (κ2) is 9.10. The lowest BCUT2D eigenvalue weighted by molar-refractivity contribution is -0.00232. The van der Waals surface area contributed by atoms with E-state index in [2.05, 4.69) is 48.2 Å². The first kappa shape index (κ1) is 20.1. The standard InChI is InChI=1S/C25H31NO3/c1-2-28-19-25(11-10-20-6-4-3-5-7-20)12-14-26(15-13-25)17-21-8-9-22-18-29-24(27)23(22)16-21/h3-9,16H,2,10-15,17-19H2,1H3. The molecule has 0 bridgehead atoms. The molecule has 2 aliphatic heterocycles. The van der Waals surface area contributed by atoms with Crippen LogP contribution in [0.5, 0.6) is 0 Å². The van der Waals surface area contributed by atoms with Gasteiger partial charge in [0.1, 0.15) is 6.61 Å². The van der Waals surface area contributed by atoms with Crippen LogP contribution in [0.3, 0.4) is 0 Å². The van der Waals surface area contributed by atoms with Gasteiger partial charge in [-0.3, -0.25) is 4.90 Å². The number of esters is 1. The Morgan fingerprint density at radius 2 is 1.86 bits per heavy atom. The van der Waals surface area contributed by atoms with Crippen molar-refractivity contribution in [3.8, 4) is 0 Å². The van der Waals surface area contributed by atoms with Crippen LogP contribution in [0, 0.1) is 5.41 Å². The Balaban J connectivity index is 1.36. The van der Waals surface area contributed by atoms with Crippen molar-refractivity contribution in [2.45, 2.75) is 45.8 Å². The normalized spacial score (nSPS) is 18.4. The summed E-state index contributed by atoms with van der Waals surface area (Å²) in [5.74, 6) is -0.183. The van der Waals surface area contributed by atoms with E-state index in [1.54, 1.807) is 0 Å². The summed E-state index contributed by atoms with van der Waals surface area (Å²) in [4.78, 5) is 14.3. The number of likely N-dealkylation sites (tertiary alicyclic amines) is 1. The van der Waals surface area contributed by atoms with E-state index < -0.39 is 0 Å². The maximum atomic E-state index is 11.8. The maximum Gasteiger partial charge on any atom is 0.338 e. The molecule has 0 spiro atoms. The molecule has 4 nitrogen and oxygen atoms in total. The summed E-state index contributed by atoms with van der Waals surface area (Å²) in [5, 5.41) is 0. The summed E-state index contributed by atoms with van der Waals surface area (Å²) in [6.45, 7) is 7.17. The van der Waals surface area contributed by atoms with Gasteiger partial charge >= 0.3 is 5.97 Å². The van der Waals surface area contributed by atoms with Gasteiger partial charge in [-0.15, -0.1) is 0 Å². The van der Waals surface area contributed by atoms with Crippen LogP contribution in [0.1, 0.15) is 53.2 Å². The van der Waals surface area contributed by atoms with Gasteiger partial charge in [0.15, 0.2) is 0 Å². The van der Waals surface area contributed by atoms with Gasteiger partial charge in [0.25, 0.3) is 0 Å². The molecule has 1 saturated heterocycles. The quantitative estimate of drug-likeness (QED) is 0.614. The summed E-state index contributed by atoms with van der Waals surface area (Å²) in [6, 6.07) is 17.0. The van der Waals surface area contributed by atoms with Gasteiger partial charge < -0.3 is 9.47 Å². The van der Waals surface area contributed by atoms with E-state index in [-0.39, 0.29) is 11.4 Å². The third kappa shape index (κ3) is 4.88. The predicted octanol–water partition coefficient (Wildman–Crippen LogP) is 4.61. The van der Waals surface area contributed by atoms with Gasteiger partial charge in [-0.1, -0.05) is 42.5 Å². The molecule has 0 amide bonds. The Kier molecular flexibility index (Phi) is 6.31. The molecule has 0 unspecified atom stereocenters. The molecular formula is C25H31NO3. The van der Waals surface area contributed by atoms with Crippen molar-refractivity contribution >= 4 is 5.97 Å². The molecule has 4 rings (SSSR count). The van der Waals surface area contributed by atoms with Gasteiger partial charge in [-0.2, -0.15) is 0 Å². The average molecular weight is 394 g/mol. The molecule has 0 atom stereocenters. The summed E-state index contributed by atoms with van der Waals surface area (Å²) < 4.78 is 11.0. The molecule has 29 heavy (non-hydrogen) atoms. The van der Waals surface area contributed by atoms with Crippen LogP contribution in [0.4, 0.5) is 0 Å². The number of benzene rings is 2. The third-order valence-electron chi connectivity index (χ3n) is 6.48. The number of hydrogen-bond acceptors (Lipinski definition) is 4. The summed E-state index contributed by atoms with van der Waals surface area (Å²) in [7, 11) is 0. The summed E-state index contributed by atoms with van der Waals surface area (Å²) in [5.41, 5.74) is 4.63. The maximum absolute atomic E-state index is 11.8. The van der Waals surface area contributed by atoms with Crippen LogP contribution in [-0.4, -0.2) is 37.2 Å². The van der Waals surface area contributed by atoms with Crippen molar-refractivity contribution in [2.24, 2.45) is 5.41 Å². The molecule has 0 N–H and O–H groups in total. The molecule has 1 fully saturated rings. The SMILES string of the molecule is CCOCC1(CCc2ccccc2)CCN(Cc2ccc3c(c2)C(=O)OC3)CC1. The lowest BCUT2D eigenvalue weighted by Gasteiger charge is -2.42. The van der Waals surface area contributed by atoms with Crippen molar-refractivity contribution in [1.29, 1.82) is 0 Å². The summed E-state index contributed by atoms with van der Waals surface area (Å²) >= 11 is 0. The Hall–Kier alpha value is -2.17. The first-order chi connectivity index (χ1) is 14.2. The van der Waals surface area contributed by atoms with Gasteiger partial charge in [0.05, 0.1) is 12.2 Å². The number of carbonyl (C=O) groups is 1. The number of nitrogens with zero attached hydrogens (tertiary/aromatic N) is 1. The molecule has 2 heterocycles. The van der Waals surface area contributed by atoms with Crippen LogP contribution >= 0.6 is 0 Å². The molecule has 2 aromatic carbocycles. The van der Waals surface area contributed by atoms with Crippen LogP contribution in [-0.2, 0) is 29.0 Å². The van der Waals surface area contributed by atoms with Crippen molar-refractivity contribution < 1.29 is 14.3 Å². The van der Waals surface area contributed by atoms with Gasteiger partial charge in [-0.25, -0.2) is 4.79 Å². The molecule has 0 saturated carbocycles. The minimum Gasteiger partial charge on any atom is -0.457 e. The Morgan fingerprint density at radius 3 is 2.62 bits per heavy atom. The number of hydrogen-bond donors (Lipinski definition) is 0. The fourth-order valence-electron chi connectivity index (χ4n) is 4.54. The topological polar surface area (TPSA) is 38.8 Å². The molecule has 4 heteroatoms. The molecule has 0 aromatic heterocycles. The predicted molar refractivity (Wildman–Crippen MR) is 114 cm³/mol. The van der Waals surface area contributed by atoms with E-state index in [0.717, 1.165) is 63.2 Å². The second-order valence-electron chi connectivity index (χ2n) is 8.47. The van der Waals surface area contributed by atoms with Crippen molar-refractivity contribution in [3.63, 3.8) is 0 Å². The molecule has 2 aliphatic rings. The lowest BCUT2D eigenvalue weighted by Crippen LogP contribution is -2.42. The first-order valence-electron chi connectivity index (χ1n) is 10.8. The monoisotopic (exact) mass is 393 g/mol. The smallest absolute Gasteiger partial charge is 0.338 e. The number of aryl methyl sites for hydroxylation is 1. The van der Waals surface area contributed by atoms with Gasteiger partial charge in [0, 0.05) is 18.7 Å². The number of carbonyl (C=O) groups excluding carboxylic acids is 1. The average Bonchev–Trinajstić information content (AvgIpc) is 3.13. The summed E-state index contributed by atoms with van der Waals surface area (Å²) in [6.07, 6.45) is 4.61. The van der Waals surface area contributed by atoms with E-state index >= 15 is 0 Å². The fraction of sp³-hybridized carbons (Fsp3) is 0.480. The van der Waals surface area contributed by atoms with E-state index in [1.165, 1.54) is 17.5 Å². The van der Waals surface area contributed by atoms with Crippen LogP contribution in [0.2, 0.25) is 0 Å². The highest BCUT2D eigenvalue weighted by atomic mass is 16.5. The Bertz CT molecular complexity index is 825. The zero-order valence-electron chi connectivity index (χ0n) is 17.4. The van der Waals surface area contributed by atoms with Crippen LogP contribution in [0.15, 0.2) is 48.5 Å². The van der Waals surface area contributed by atoms with E-state index in [4.69, 9.17) is 9.47 Å². The highest BCUT2D eigenvalue weighted by molar-refractivity contribution is 5.93. The highest BCUT2D eigenvalue weighted by Gasteiger charge is 2.34. The fourth-order valence-corrected chi connectivity index (χ4v) is 4.54. The van der Waals surface area contributed by atoms with Crippen LogP contribution in [0.25, 0.3) is 0 Å². The van der Waals surface area contributed by atoms with Gasteiger partial charge in [0.2, 0.25) is 0 Å². The minimum absolute atomic E-state index is 0.183. The molecule has 0 radical (unpaired) electrons. The molecule has 2 aromatic rings. The Morgan fingerprint density at radius 1 is 1.07 bits per heavy atom. The third-order valence-corrected chi connectivity index (χ3v) is 6.48. The van der Waals surface area contributed by atoms with Crippen molar-refractivity contribution in [3.05, 3.63) is 70.8 Å². The minimum atomic E-state index is -0.183. The number of ether oxygens (including phenoxy) is 2. The lowest BCUT2D eigenvalue weighted by atomic mass is 9.74. The largest absolute Gasteiger partial charge is 0.457 e. The molecule has 154 valence electrons. The highest BCUT2D eigenvalue weighted by Crippen LogP contribution is 2.37. The number of cyclic esters (lactones) is 1. The van der Waals surface area contributed by atoms with E-state index in [0.29, 0.717) is 6.61 Å². The first-order valence-corrected chi connectivity index (χ1v) is 10.8. The van der Waals surface area contributed by atoms with Crippen molar-refractivity contribution in [1.82, 2.24) is 4.90 Å². The van der Waals surface area contributed by atoms with Crippen molar-refractivity contribution in [2.75, 3.05) is 26.3 Å².